The van der Waals surface area contributed by atoms with Crippen LogP contribution >= 0.6 is 11.3 Å². The van der Waals surface area contributed by atoms with Gasteiger partial charge in [-0.15, -0.1) is 11.3 Å². The predicted octanol–water partition coefficient (Wildman–Crippen LogP) is 1.01. The van der Waals surface area contributed by atoms with E-state index in [1.54, 1.807) is 0 Å². The molecular weight excluding hydrogens is 218 g/mol. The van der Waals surface area contributed by atoms with Gasteiger partial charge in [-0.2, -0.15) is 0 Å². The Hall–Kier alpha value is -0.420. The lowest BCUT2D eigenvalue weighted by Gasteiger charge is -2.47. The third-order valence-corrected chi connectivity index (χ3v) is 4.69. The lowest BCUT2D eigenvalue weighted by Crippen LogP contribution is -2.61. The van der Waals surface area contributed by atoms with Crippen LogP contribution in [0, 0.1) is 0 Å². The highest BCUT2D eigenvalue weighted by molar-refractivity contribution is 7.10. The molecule has 0 amide bonds. The number of nitrogens with one attached hydrogen (secondary N) is 1. The number of piperazine rings is 2. The van der Waals surface area contributed by atoms with Crippen molar-refractivity contribution in [1.82, 2.24) is 15.1 Å². The van der Waals surface area contributed by atoms with Gasteiger partial charge in [-0.25, -0.2) is 0 Å². The van der Waals surface area contributed by atoms with E-state index >= 15 is 0 Å². The van der Waals surface area contributed by atoms with Gasteiger partial charge in [0.15, 0.2) is 0 Å². The molecule has 3 nitrogen and oxygen atoms in total. The van der Waals surface area contributed by atoms with E-state index in [0.717, 1.165) is 13.1 Å². The van der Waals surface area contributed by atoms with Crippen LogP contribution in [0.15, 0.2) is 17.5 Å². The second-order valence-corrected chi connectivity index (χ2v) is 5.82. The Bertz CT molecular complexity index is 338. The molecule has 0 aliphatic carbocycles. The molecule has 2 unspecified atom stereocenters. The zero-order valence-corrected chi connectivity index (χ0v) is 10.5. The van der Waals surface area contributed by atoms with E-state index in [-0.39, 0.29) is 0 Å². The van der Waals surface area contributed by atoms with E-state index in [9.17, 15) is 0 Å². The zero-order valence-electron chi connectivity index (χ0n) is 9.72. The summed E-state index contributed by atoms with van der Waals surface area (Å²) >= 11 is 1.89. The first kappa shape index (κ1) is 10.7. The average molecular weight is 237 g/mol. The zero-order chi connectivity index (χ0) is 11.0. The Kier molecular flexibility index (Phi) is 2.98. The number of nitrogens with zero attached hydrogens (tertiary/aromatic N) is 2. The van der Waals surface area contributed by atoms with Crippen LogP contribution in [0.3, 0.4) is 0 Å². The molecule has 1 aromatic heterocycles. The van der Waals surface area contributed by atoms with Crippen molar-refractivity contribution in [3.63, 3.8) is 0 Å². The van der Waals surface area contributed by atoms with E-state index in [4.69, 9.17) is 0 Å². The lowest BCUT2D eigenvalue weighted by atomic mass is 10.0. The predicted molar refractivity (Wildman–Crippen MR) is 67.9 cm³/mol. The number of hydrogen-bond donors (Lipinski definition) is 1. The molecule has 3 heterocycles. The van der Waals surface area contributed by atoms with Crippen molar-refractivity contribution in [2.24, 2.45) is 0 Å². The van der Waals surface area contributed by atoms with Gasteiger partial charge in [-0.1, -0.05) is 6.07 Å². The minimum atomic E-state index is 0.604. The molecule has 0 spiro atoms. The van der Waals surface area contributed by atoms with Crippen molar-refractivity contribution in [3.05, 3.63) is 22.4 Å². The van der Waals surface area contributed by atoms with Crippen LogP contribution in [0.5, 0.6) is 0 Å². The molecule has 2 atom stereocenters. The summed E-state index contributed by atoms with van der Waals surface area (Å²) in [4.78, 5) is 6.66. The molecule has 0 radical (unpaired) electrons. The van der Waals surface area contributed by atoms with Crippen molar-refractivity contribution in [2.75, 3.05) is 39.8 Å². The maximum absolute atomic E-state index is 3.58. The van der Waals surface area contributed by atoms with Gasteiger partial charge < -0.3 is 10.2 Å². The van der Waals surface area contributed by atoms with E-state index in [2.05, 4.69) is 39.7 Å². The average Bonchev–Trinajstić information content (AvgIpc) is 2.81. The molecule has 2 aliphatic rings. The van der Waals surface area contributed by atoms with E-state index in [1.165, 1.54) is 24.5 Å². The summed E-state index contributed by atoms with van der Waals surface area (Å²) in [6.45, 7) is 5.88. The van der Waals surface area contributed by atoms with Crippen molar-refractivity contribution in [3.8, 4) is 0 Å². The molecular formula is C12H19N3S. The number of hydrogen-bond acceptors (Lipinski definition) is 4. The molecule has 16 heavy (non-hydrogen) atoms. The van der Waals surface area contributed by atoms with Gasteiger partial charge in [0, 0.05) is 43.6 Å². The van der Waals surface area contributed by atoms with Crippen molar-refractivity contribution in [1.29, 1.82) is 0 Å². The SMILES string of the molecule is CN1CCN2C(CNCC2c2cccs2)C1. The third-order valence-electron chi connectivity index (χ3n) is 3.72. The summed E-state index contributed by atoms with van der Waals surface area (Å²) in [5.41, 5.74) is 0. The van der Waals surface area contributed by atoms with Gasteiger partial charge in [0.05, 0.1) is 6.04 Å². The van der Waals surface area contributed by atoms with Crippen LogP contribution in [-0.4, -0.2) is 55.6 Å². The van der Waals surface area contributed by atoms with Gasteiger partial charge >= 0.3 is 0 Å². The molecule has 2 saturated heterocycles. The van der Waals surface area contributed by atoms with E-state index in [1.807, 2.05) is 11.3 Å². The molecule has 1 aromatic rings. The Labute approximate surface area is 101 Å². The first-order valence-electron chi connectivity index (χ1n) is 6.03. The number of thiophene rings is 1. The summed E-state index contributed by atoms with van der Waals surface area (Å²) in [7, 11) is 2.23. The molecule has 2 fully saturated rings. The van der Waals surface area contributed by atoms with Crippen LogP contribution in [-0.2, 0) is 0 Å². The van der Waals surface area contributed by atoms with Gasteiger partial charge in [0.2, 0.25) is 0 Å². The van der Waals surface area contributed by atoms with Gasteiger partial charge in [-0.3, -0.25) is 4.90 Å². The Morgan fingerprint density at radius 3 is 3.12 bits per heavy atom. The first-order chi connectivity index (χ1) is 7.84. The largest absolute Gasteiger partial charge is 0.313 e. The highest BCUT2D eigenvalue weighted by Crippen LogP contribution is 2.29. The summed E-state index contributed by atoms with van der Waals surface area (Å²) in [6.07, 6.45) is 0. The van der Waals surface area contributed by atoms with Crippen molar-refractivity contribution >= 4 is 11.3 Å². The normalized spacial score (nSPS) is 32.6. The quantitative estimate of drug-likeness (QED) is 0.786. The van der Waals surface area contributed by atoms with Gasteiger partial charge in [-0.05, 0) is 18.5 Å². The molecule has 3 rings (SSSR count). The summed E-state index contributed by atoms with van der Waals surface area (Å²) in [5, 5.41) is 5.77. The van der Waals surface area contributed by atoms with Gasteiger partial charge in [0.1, 0.15) is 0 Å². The third kappa shape index (κ3) is 1.91. The second-order valence-electron chi connectivity index (χ2n) is 4.84. The maximum Gasteiger partial charge on any atom is 0.0570 e. The number of rotatable bonds is 1. The molecule has 0 aromatic carbocycles. The fraction of sp³-hybridized carbons (Fsp3) is 0.667. The highest BCUT2D eigenvalue weighted by atomic mass is 32.1. The van der Waals surface area contributed by atoms with E-state index in [0.29, 0.717) is 12.1 Å². The first-order valence-corrected chi connectivity index (χ1v) is 6.91. The molecule has 2 aliphatic heterocycles. The molecule has 88 valence electrons. The Morgan fingerprint density at radius 1 is 1.38 bits per heavy atom. The van der Waals surface area contributed by atoms with Crippen LogP contribution in [0.2, 0.25) is 0 Å². The van der Waals surface area contributed by atoms with Crippen LogP contribution < -0.4 is 5.32 Å². The van der Waals surface area contributed by atoms with Crippen LogP contribution in [0.25, 0.3) is 0 Å². The topological polar surface area (TPSA) is 18.5 Å². The second kappa shape index (κ2) is 4.45. The number of fused-ring (bicyclic) bond motifs is 1. The highest BCUT2D eigenvalue weighted by Gasteiger charge is 2.34. The number of likely N-dealkylation sites (N-methyl/N-ethyl adjacent to an activating group) is 1. The standard InChI is InChI=1S/C12H19N3S/c1-14-4-5-15-10(9-14)7-13-8-11(15)12-3-2-6-16-12/h2-3,6,10-11,13H,4-5,7-9H2,1H3. The van der Waals surface area contributed by atoms with Gasteiger partial charge in [0.25, 0.3) is 0 Å². The van der Waals surface area contributed by atoms with Crippen molar-refractivity contribution < 1.29 is 0 Å². The Balaban J connectivity index is 1.79. The summed E-state index contributed by atoms with van der Waals surface area (Å²) < 4.78 is 0. The smallest absolute Gasteiger partial charge is 0.0570 e. The Morgan fingerprint density at radius 2 is 2.31 bits per heavy atom. The monoisotopic (exact) mass is 237 g/mol. The van der Waals surface area contributed by atoms with E-state index < -0.39 is 0 Å². The maximum atomic E-state index is 3.58. The van der Waals surface area contributed by atoms with Crippen LogP contribution in [0.1, 0.15) is 10.9 Å². The minimum absolute atomic E-state index is 0.604. The minimum Gasteiger partial charge on any atom is -0.313 e. The fourth-order valence-electron chi connectivity index (χ4n) is 2.87. The van der Waals surface area contributed by atoms with Crippen LogP contribution in [0.4, 0.5) is 0 Å². The molecule has 0 bridgehead atoms. The fourth-order valence-corrected chi connectivity index (χ4v) is 3.71. The summed E-state index contributed by atoms with van der Waals surface area (Å²) in [5.74, 6) is 0. The lowest BCUT2D eigenvalue weighted by molar-refractivity contribution is 0.0303. The van der Waals surface area contributed by atoms with Crippen molar-refractivity contribution in [2.45, 2.75) is 12.1 Å². The summed E-state index contributed by atoms with van der Waals surface area (Å²) in [6, 6.07) is 5.74. The molecule has 4 heteroatoms. The molecule has 0 saturated carbocycles. The molecule has 1 N–H and O–H groups in total.